The summed E-state index contributed by atoms with van der Waals surface area (Å²) in [7, 11) is 0. The van der Waals surface area contributed by atoms with Crippen molar-refractivity contribution in [2.75, 3.05) is 4.90 Å². The van der Waals surface area contributed by atoms with Crippen LogP contribution in [0.15, 0.2) is 48.8 Å². The molecule has 17 heavy (non-hydrogen) atoms. The Morgan fingerprint density at radius 1 is 1.24 bits per heavy atom. The molecule has 3 nitrogen and oxygen atoms in total. The Hall–Kier alpha value is -2.41. The van der Waals surface area contributed by atoms with Crippen LogP contribution in [-0.2, 0) is 6.54 Å². The average Bonchev–Trinajstić information content (AvgIpc) is 2.37. The van der Waals surface area contributed by atoms with Gasteiger partial charge in [-0.05, 0) is 23.8 Å². The highest BCUT2D eigenvalue weighted by Gasteiger charge is 2.06. The summed E-state index contributed by atoms with van der Waals surface area (Å²) in [5.74, 6) is -0.395. The fourth-order valence-corrected chi connectivity index (χ4v) is 1.52. The van der Waals surface area contributed by atoms with Gasteiger partial charge in [0, 0.05) is 6.20 Å². The molecule has 0 saturated heterocycles. The maximum absolute atomic E-state index is 13.0. The summed E-state index contributed by atoms with van der Waals surface area (Å²) in [4.78, 5) is 5.24. The zero-order valence-electron chi connectivity index (χ0n) is 9.05. The van der Waals surface area contributed by atoms with Crippen molar-refractivity contribution in [1.29, 1.82) is 5.26 Å². The molecule has 0 atom stereocenters. The number of anilines is 1. The maximum Gasteiger partial charge on any atom is 0.184 e. The molecule has 0 N–H and O–H groups in total. The van der Waals surface area contributed by atoms with E-state index >= 15 is 0 Å². The van der Waals surface area contributed by atoms with Gasteiger partial charge in [0.15, 0.2) is 6.19 Å². The van der Waals surface area contributed by atoms with Gasteiger partial charge in [0.05, 0.1) is 18.4 Å². The lowest BCUT2D eigenvalue weighted by Crippen LogP contribution is -2.15. The molecule has 4 heteroatoms. The molecule has 1 heterocycles. The minimum atomic E-state index is -0.395. The van der Waals surface area contributed by atoms with Crippen LogP contribution < -0.4 is 4.90 Å². The van der Waals surface area contributed by atoms with Gasteiger partial charge in [-0.1, -0.05) is 18.2 Å². The van der Waals surface area contributed by atoms with Crippen molar-refractivity contribution in [2.45, 2.75) is 6.54 Å². The summed E-state index contributed by atoms with van der Waals surface area (Å²) in [6, 6.07) is 10.6. The Kier molecular flexibility index (Phi) is 3.31. The van der Waals surface area contributed by atoms with Crippen LogP contribution in [0.5, 0.6) is 0 Å². The van der Waals surface area contributed by atoms with Crippen LogP contribution in [0.1, 0.15) is 5.56 Å². The number of nitriles is 1. The molecule has 0 radical (unpaired) electrons. The molecule has 0 spiro atoms. The van der Waals surface area contributed by atoms with Crippen LogP contribution in [0.25, 0.3) is 0 Å². The van der Waals surface area contributed by atoms with E-state index in [4.69, 9.17) is 5.26 Å². The van der Waals surface area contributed by atoms with Crippen molar-refractivity contribution >= 4 is 5.69 Å². The zero-order valence-corrected chi connectivity index (χ0v) is 9.05. The minimum absolute atomic E-state index is 0.311. The monoisotopic (exact) mass is 227 g/mol. The molecule has 0 unspecified atom stereocenters. The zero-order chi connectivity index (χ0) is 12.1. The Morgan fingerprint density at radius 3 is 2.65 bits per heavy atom. The third-order valence-corrected chi connectivity index (χ3v) is 2.29. The quantitative estimate of drug-likeness (QED) is 0.598. The molecule has 0 aliphatic carbocycles. The second-order valence-electron chi connectivity index (χ2n) is 3.53. The number of pyridine rings is 1. The molecule has 84 valence electrons. The van der Waals surface area contributed by atoms with Gasteiger partial charge in [-0.3, -0.25) is 9.88 Å². The smallest absolute Gasteiger partial charge is 0.184 e. The van der Waals surface area contributed by atoms with Crippen molar-refractivity contribution in [3.63, 3.8) is 0 Å². The fraction of sp³-hybridized carbons (Fsp3) is 0.0769. The van der Waals surface area contributed by atoms with Crippen molar-refractivity contribution in [1.82, 2.24) is 4.98 Å². The van der Waals surface area contributed by atoms with Crippen LogP contribution in [0.4, 0.5) is 10.1 Å². The Labute approximate surface area is 98.8 Å². The predicted octanol–water partition coefficient (Wildman–Crippen LogP) is 2.71. The van der Waals surface area contributed by atoms with E-state index in [1.165, 1.54) is 11.0 Å². The van der Waals surface area contributed by atoms with E-state index in [0.29, 0.717) is 12.1 Å². The van der Waals surface area contributed by atoms with Gasteiger partial charge in [-0.15, -0.1) is 0 Å². The first kappa shape index (κ1) is 11.1. The lowest BCUT2D eigenvalue weighted by atomic mass is 10.2. The molecule has 2 rings (SSSR count). The summed E-state index contributed by atoms with van der Waals surface area (Å²) in [5.41, 5.74) is 1.44. The predicted molar refractivity (Wildman–Crippen MR) is 62.4 cm³/mol. The van der Waals surface area contributed by atoms with Crippen LogP contribution in [-0.4, -0.2) is 4.98 Å². The summed E-state index contributed by atoms with van der Waals surface area (Å²) in [5, 5.41) is 9.07. The van der Waals surface area contributed by atoms with E-state index in [-0.39, 0.29) is 0 Å². The maximum atomic E-state index is 13.0. The number of hydrogen-bond donors (Lipinski definition) is 0. The SMILES string of the molecule is N#CN(Cc1cncc(F)c1)c1ccccc1. The second-order valence-corrected chi connectivity index (χ2v) is 3.53. The molecule has 0 amide bonds. The van der Waals surface area contributed by atoms with Gasteiger partial charge in [-0.25, -0.2) is 4.39 Å². The number of rotatable bonds is 3. The fourth-order valence-electron chi connectivity index (χ4n) is 1.52. The number of benzene rings is 1. The van der Waals surface area contributed by atoms with Gasteiger partial charge in [0.25, 0.3) is 0 Å². The first-order chi connectivity index (χ1) is 8.29. The first-order valence-electron chi connectivity index (χ1n) is 5.11. The lowest BCUT2D eigenvalue weighted by molar-refractivity contribution is 0.618. The lowest BCUT2D eigenvalue weighted by Gasteiger charge is -2.15. The minimum Gasteiger partial charge on any atom is -0.275 e. The van der Waals surface area contributed by atoms with Crippen LogP contribution in [0.3, 0.4) is 0 Å². The number of halogens is 1. The van der Waals surface area contributed by atoms with Gasteiger partial charge in [0.2, 0.25) is 0 Å². The third kappa shape index (κ3) is 2.79. The van der Waals surface area contributed by atoms with Crippen LogP contribution >= 0.6 is 0 Å². The molecule has 0 saturated carbocycles. The van der Waals surface area contributed by atoms with Crippen molar-refractivity contribution in [3.05, 3.63) is 60.2 Å². The molecular formula is C13H10FN3. The van der Waals surface area contributed by atoms with Crippen molar-refractivity contribution in [3.8, 4) is 6.19 Å². The Morgan fingerprint density at radius 2 is 2.00 bits per heavy atom. The topological polar surface area (TPSA) is 39.9 Å². The number of aromatic nitrogens is 1. The van der Waals surface area contributed by atoms with Gasteiger partial charge in [0.1, 0.15) is 5.82 Å². The molecular weight excluding hydrogens is 217 g/mol. The molecule has 0 bridgehead atoms. The van der Waals surface area contributed by atoms with Crippen molar-refractivity contribution in [2.24, 2.45) is 0 Å². The Balaban J connectivity index is 2.20. The summed E-state index contributed by atoms with van der Waals surface area (Å²) in [6.07, 6.45) is 4.76. The molecule has 2 aromatic rings. The van der Waals surface area contributed by atoms with Crippen LogP contribution in [0.2, 0.25) is 0 Å². The summed E-state index contributed by atoms with van der Waals surface area (Å²) in [6.45, 7) is 0.311. The normalized spacial score (nSPS) is 9.65. The van der Waals surface area contributed by atoms with E-state index < -0.39 is 5.82 Å². The van der Waals surface area contributed by atoms with Crippen LogP contribution in [0, 0.1) is 17.3 Å². The average molecular weight is 227 g/mol. The van der Waals surface area contributed by atoms with E-state index in [1.54, 1.807) is 6.20 Å². The van der Waals surface area contributed by atoms with E-state index in [0.717, 1.165) is 11.9 Å². The first-order valence-corrected chi connectivity index (χ1v) is 5.11. The molecule has 1 aromatic heterocycles. The standard InChI is InChI=1S/C13H10FN3/c14-12-6-11(7-16-8-12)9-17(10-15)13-4-2-1-3-5-13/h1-8H,9H2. The number of para-hydroxylation sites is 1. The second kappa shape index (κ2) is 5.08. The highest BCUT2D eigenvalue weighted by molar-refractivity contribution is 5.50. The van der Waals surface area contributed by atoms with Crippen molar-refractivity contribution < 1.29 is 4.39 Å². The molecule has 0 aliphatic heterocycles. The van der Waals surface area contributed by atoms with Gasteiger partial charge < -0.3 is 0 Å². The molecule has 0 aliphatic rings. The third-order valence-electron chi connectivity index (χ3n) is 2.29. The number of nitrogens with zero attached hydrogens (tertiary/aromatic N) is 3. The van der Waals surface area contributed by atoms with Gasteiger partial charge in [-0.2, -0.15) is 5.26 Å². The van der Waals surface area contributed by atoms with E-state index in [2.05, 4.69) is 11.2 Å². The highest BCUT2D eigenvalue weighted by Crippen LogP contribution is 2.15. The highest BCUT2D eigenvalue weighted by atomic mass is 19.1. The molecule has 1 aromatic carbocycles. The largest absolute Gasteiger partial charge is 0.275 e. The number of hydrogen-bond acceptors (Lipinski definition) is 3. The van der Waals surface area contributed by atoms with E-state index in [1.807, 2.05) is 30.3 Å². The Bertz CT molecular complexity index is 534. The summed E-state index contributed by atoms with van der Waals surface area (Å²) >= 11 is 0. The molecule has 0 fully saturated rings. The summed E-state index contributed by atoms with van der Waals surface area (Å²) < 4.78 is 13.0. The van der Waals surface area contributed by atoms with Gasteiger partial charge >= 0.3 is 0 Å². The van der Waals surface area contributed by atoms with E-state index in [9.17, 15) is 4.39 Å².